The van der Waals surface area contributed by atoms with Crippen molar-refractivity contribution in [3.05, 3.63) is 24.3 Å². The van der Waals surface area contributed by atoms with Gasteiger partial charge in [-0.1, -0.05) is 82.9 Å². The molecule has 0 bridgehead atoms. The van der Waals surface area contributed by atoms with Crippen LogP contribution in [0.15, 0.2) is 24.3 Å². The first-order valence-electron chi connectivity index (χ1n) is 10.8. The van der Waals surface area contributed by atoms with E-state index in [2.05, 4.69) is 13.0 Å². The van der Waals surface area contributed by atoms with Gasteiger partial charge >= 0.3 is 5.97 Å². The van der Waals surface area contributed by atoms with Gasteiger partial charge in [-0.25, -0.2) is 0 Å². The average molecular weight is 383 g/mol. The molecule has 4 heteroatoms. The first-order valence-corrected chi connectivity index (χ1v) is 10.8. The normalized spacial score (nSPS) is 14.9. The molecule has 158 valence electrons. The molecule has 0 amide bonds. The quantitative estimate of drug-likeness (QED) is 0.203. The molecule has 0 spiro atoms. The number of likely N-dealkylation sites (N-methyl/N-ethyl adjacent to an activating group) is 1. The molecule has 1 unspecified atom stereocenters. The molecular formula is C23H44NO3+. The summed E-state index contributed by atoms with van der Waals surface area (Å²) in [5.41, 5.74) is -1.31. The Bertz CT molecular complexity index is 437. The van der Waals surface area contributed by atoms with Crippen LogP contribution >= 0.6 is 0 Å². The van der Waals surface area contributed by atoms with Crippen LogP contribution in [-0.4, -0.2) is 54.0 Å². The molecule has 0 radical (unpaired) electrons. The number of aliphatic hydroxyl groups is 1. The van der Waals surface area contributed by atoms with Crippen LogP contribution < -0.4 is 0 Å². The van der Waals surface area contributed by atoms with Crippen molar-refractivity contribution < 1.29 is 19.5 Å². The zero-order valence-corrected chi connectivity index (χ0v) is 18.3. The van der Waals surface area contributed by atoms with Crippen molar-refractivity contribution in [1.29, 1.82) is 0 Å². The van der Waals surface area contributed by atoms with E-state index in [1.807, 2.05) is 27.2 Å². The number of unbranched alkanes of at least 4 members (excludes halogenated alkanes) is 10. The summed E-state index contributed by atoms with van der Waals surface area (Å²) in [6.07, 6.45) is 21.6. The highest BCUT2D eigenvalue weighted by atomic mass is 16.4. The fourth-order valence-electron chi connectivity index (χ4n) is 3.41. The van der Waals surface area contributed by atoms with Crippen LogP contribution in [0.4, 0.5) is 0 Å². The van der Waals surface area contributed by atoms with Gasteiger partial charge in [0.1, 0.15) is 12.1 Å². The second-order valence-electron chi connectivity index (χ2n) is 8.88. The lowest BCUT2D eigenvalue weighted by Crippen LogP contribution is -2.49. The fourth-order valence-corrected chi connectivity index (χ4v) is 3.41. The van der Waals surface area contributed by atoms with Gasteiger partial charge in [-0.05, 0) is 18.9 Å². The zero-order chi connectivity index (χ0) is 20.6. The third-order valence-corrected chi connectivity index (χ3v) is 4.58. The maximum Gasteiger partial charge on any atom is 0.306 e. The van der Waals surface area contributed by atoms with E-state index in [0.29, 0.717) is 11.0 Å². The molecule has 0 aromatic heterocycles. The van der Waals surface area contributed by atoms with Gasteiger partial charge in [0.15, 0.2) is 0 Å². The largest absolute Gasteiger partial charge is 0.481 e. The maximum absolute atomic E-state index is 11.0. The van der Waals surface area contributed by atoms with Crippen molar-refractivity contribution in [3.63, 3.8) is 0 Å². The van der Waals surface area contributed by atoms with E-state index >= 15 is 0 Å². The molecule has 4 nitrogen and oxygen atoms in total. The Kier molecular flexibility index (Phi) is 14.2. The Morgan fingerprint density at radius 1 is 0.889 bits per heavy atom. The first kappa shape index (κ1) is 25.9. The lowest BCUT2D eigenvalue weighted by Gasteiger charge is -2.32. The van der Waals surface area contributed by atoms with Crippen molar-refractivity contribution in [1.82, 2.24) is 0 Å². The van der Waals surface area contributed by atoms with Crippen molar-refractivity contribution >= 4 is 5.97 Å². The Morgan fingerprint density at radius 3 is 1.89 bits per heavy atom. The van der Waals surface area contributed by atoms with Gasteiger partial charge in [0.2, 0.25) is 0 Å². The summed E-state index contributed by atoms with van der Waals surface area (Å²) in [4.78, 5) is 11.0. The molecule has 0 aromatic carbocycles. The molecule has 2 N–H and O–H groups in total. The SMILES string of the molecule is CCCCCCCCCCCCC=CC=CC(O)(CC(=O)O)C[N+](C)(C)C. The molecule has 0 aliphatic rings. The maximum atomic E-state index is 11.0. The highest BCUT2D eigenvalue weighted by Crippen LogP contribution is 2.17. The molecule has 1 atom stereocenters. The minimum Gasteiger partial charge on any atom is -0.481 e. The molecule has 0 aromatic rings. The van der Waals surface area contributed by atoms with E-state index in [1.54, 1.807) is 12.2 Å². The highest BCUT2D eigenvalue weighted by Gasteiger charge is 2.33. The summed E-state index contributed by atoms with van der Waals surface area (Å²) in [7, 11) is 5.84. The van der Waals surface area contributed by atoms with Crippen LogP contribution in [-0.2, 0) is 4.79 Å². The molecule has 27 heavy (non-hydrogen) atoms. The summed E-state index contributed by atoms with van der Waals surface area (Å²) in [5, 5.41) is 19.6. The number of allylic oxidation sites excluding steroid dienone is 3. The molecule has 0 heterocycles. The monoisotopic (exact) mass is 382 g/mol. The lowest BCUT2D eigenvalue weighted by atomic mass is 9.97. The number of carbonyl (C=O) groups is 1. The second kappa shape index (κ2) is 14.9. The van der Waals surface area contributed by atoms with Gasteiger partial charge < -0.3 is 14.7 Å². The van der Waals surface area contributed by atoms with E-state index in [4.69, 9.17) is 5.11 Å². The number of nitrogens with zero attached hydrogens (tertiary/aromatic N) is 1. The van der Waals surface area contributed by atoms with E-state index < -0.39 is 11.6 Å². The summed E-state index contributed by atoms with van der Waals surface area (Å²) < 4.78 is 0.510. The minimum absolute atomic E-state index is 0.273. The van der Waals surface area contributed by atoms with Crippen LogP contribution in [0.5, 0.6) is 0 Å². The average Bonchev–Trinajstić information content (AvgIpc) is 2.52. The number of carboxylic acids is 1. The number of hydrogen-bond donors (Lipinski definition) is 2. The van der Waals surface area contributed by atoms with Crippen LogP contribution in [0.1, 0.15) is 84.0 Å². The number of carboxylic acid groups (broad SMARTS) is 1. The van der Waals surface area contributed by atoms with E-state index in [-0.39, 0.29) is 6.42 Å². The molecule has 0 saturated heterocycles. The second-order valence-corrected chi connectivity index (χ2v) is 8.88. The first-order chi connectivity index (χ1) is 12.7. The summed E-state index contributed by atoms with van der Waals surface area (Å²) >= 11 is 0. The van der Waals surface area contributed by atoms with Crippen LogP contribution in [0.3, 0.4) is 0 Å². The van der Waals surface area contributed by atoms with Crippen LogP contribution in [0.2, 0.25) is 0 Å². The standard InChI is InChI=1S/C23H43NO3/c1-5-6-7-8-9-10-11-12-13-14-15-16-17-18-19-23(27,20-22(25)26)21-24(2,3)4/h16-19,27H,5-15,20-21H2,1-4H3/p+1. The van der Waals surface area contributed by atoms with E-state index in [1.165, 1.54) is 64.2 Å². The molecular weight excluding hydrogens is 338 g/mol. The number of quaternary nitrogens is 1. The molecule has 0 fully saturated rings. The third-order valence-electron chi connectivity index (χ3n) is 4.58. The summed E-state index contributed by atoms with van der Waals surface area (Å²) in [6.45, 7) is 2.62. The van der Waals surface area contributed by atoms with Crippen molar-refractivity contribution in [3.8, 4) is 0 Å². The summed E-state index contributed by atoms with van der Waals surface area (Å²) in [6, 6.07) is 0. The predicted octanol–water partition coefficient (Wildman–Crippen LogP) is 5.32. The van der Waals surface area contributed by atoms with Gasteiger partial charge in [-0.2, -0.15) is 0 Å². The molecule has 0 aliphatic heterocycles. The molecule has 0 saturated carbocycles. The molecule has 0 rings (SSSR count). The van der Waals surface area contributed by atoms with Gasteiger partial charge in [0, 0.05) is 0 Å². The van der Waals surface area contributed by atoms with Crippen LogP contribution in [0.25, 0.3) is 0 Å². The Labute approximate surface area is 167 Å². The number of rotatable bonds is 17. The zero-order valence-electron chi connectivity index (χ0n) is 18.3. The van der Waals surface area contributed by atoms with Gasteiger partial charge in [-0.15, -0.1) is 0 Å². The number of hydrogen-bond acceptors (Lipinski definition) is 2. The minimum atomic E-state index is -1.31. The van der Waals surface area contributed by atoms with Crippen LogP contribution in [0, 0.1) is 0 Å². The predicted molar refractivity (Wildman–Crippen MR) is 115 cm³/mol. The van der Waals surface area contributed by atoms with Crippen molar-refractivity contribution in [2.24, 2.45) is 0 Å². The van der Waals surface area contributed by atoms with Gasteiger partial charge in [0.05, 0.1) is 27.6 Å². The van der Waals surface area contributed by atoms with E-state index in [0.717, 1.165) is 6.42 Å². The lowest BCUT2D eigenvalue weighted by molar-refractivity contribution is -0.876. The van der Waals surface area contributed by atoms with Gasteiger partial charge in [0.25, 0.3) is 0 Å². The van der Waals surface area contributed by atoms with Gasteiger partial charge in [-0.3, -0.25) is 4.79 Å². The highest BCUT2D eigenvalue weighted by molar-refractivity contribution is 5.68. The smallest absolute Gasteiger partial charge is 0.306 e. The molecule has 0 aliphatic carbocycles. The topological polar surface area (TPSA) is 57.5 Å². The Balaban J connectivity index is 3.93. The van der Waals surface area contributed by atoms with Crippen molar-refractivity contribution in [2.75, 3.05) is 27.7 Å². The Hall–Kier alpha value is -1.13. The third kappa shape index (κ3) is 18.0. The summed E-state index contributed by atoms with van der Waals surface area (Å²) in [5.74, 6) is -0.982. The van der Waals surface area contributed by atoms with Crippen molar-refractivity contribution in [2.45, 2.75) is 89.6 Å². The Morgan fingerprint density at radius 2 is 1.41 bits per heavy atom. The fraction of sp³-hybridized carbons (Fsp3) is 0.783. The number of aliphatic carboxylic acids is 1. The van der Waals surface area contributed by atoms with E-state index in [9.17, 15) is 9.90 Å².